The Balaban J connectivity index is 2.24. The lowest BCUT2D eigenvalue weighted by Gasteiger charge is -2.36. The van der Waals surface area contributed by atoms with E-state index in [2.05, 4.69) is 19.2 Å². The predicted octanol–water partition coefficient (Wildman–Crippen LogP) is 4.63. The Kier molecular flexibility index (Phi) is 4.65. The lowest BCUT2D eigenvalue weighted by molar-refractivity contribution is 0.253. The van der Waals surface area contributed by atoms with Crippen molar-refractivity contribution in [2.45, 2.75) is 52.5 Å². The van der Waals surface area contributed by atoms with Gasteiger partial charge in [0.25, 0.3) is 0 Å². The van der Waals surface area contributed by atoms with E-state index in [9.17, 15) is 4.39 Å². The van der Waals surface area contributed by atoms with E-state index in [0.29, 0.717) is 29.0 Å². The fourth-order valence-electron chi connectivity index (χ4n) is 3.23. The maximum Gasteiger partial charge on any atom is 0.129 e. The molecule has 0 saturated heterocycles. The van der Waals surface area contributed by atoms with Gasteiger partial charge in [0, 0.05) is 17.3 Å². The Labute approximate surface area is 121 Å². The minimum Gasteiger partial charge on any atom is -0.382 e. The first-order valence-corrected chi connectivity index (χ1v) is 7.49. The van der Waals surface area contributed by atoms with E-state index >= 15 is 0 Å². The highest BCUT2D eigenvalue weighted by atomic mass is 19.1. The third kappa shape index (κ3) is 3.12. The molecule has 0 amide bonds. The van der Waals surface area contributed by atoms with Crippen molar-refractivity contribution in [1.29, 1.82) is 5.26 Å². The summed E-state index contributed by atoms with van der Waals surface area (Å²) < 4.78 is 13.8. The summed E-state index contributed by atoms with van der Waals surface area (Å²) in [6.07, 6.45) is 4.86. The van der Waals surface area contributed by atoms with Crippen molar-refractivity contribution in [3.8, 4) is 6.07 Å². The second-order valence-corrected chi connectivity index (χ2v) is 6.19. The van der Waals surface area contributed by atoms with Crippen molar-refractivity contribution in [2.75, 3.05) is 5.32 Å². The van der Waals surface area contributed by atoms with Gasteiger partial charge in [0.1, 0.15) is 5.82 Å². The summed E-state index contributed by atoms with van der Waals surface area (Å²) in [7, 11) is 0. The fourth-order valence-corrected chi connectivity index (χ4v) is 3.23. The van der Waals surface area contributed by atoms with Crippen molar-refractivity contribution in [2.24, 2.45) is 11.8 Å². The number of rotatable bonds is 3. The van der Waals surface area contributed by atoms with Crippen LogP contribution in [-0.4, -0.2) is 6.04 Å². The maximum absolute atomic E-state index is 13.8. The standard InChI is InChI=1S/C17H23FN2/c1-11(2)14-6-4-5-7-16(14)20-17-9-13(10-19)8-15(18)12(17)3/h8-9,11,14,16,20H,4-7H2,1-3H3. The third-order valence-corrected chi connectivity index (χ3v) is 4.49. The van der Waals surface area contributed by atoms with Crippen molar-refractivity contribution >= 4 is 5.69 Å². The zero-order valence-electron chi connectivity index (χ0n) is 12.5. The van der Waals surface area contributed by atoms with Gasteiger partial charge in [-0.1, -0.05) is 26.7 Å². The summed E-state index contributed by atoms with van der Waals surface area (Å²) in [5.74, 6) is 0.942. The molecule has 2 atom stereocenters. The second-order valence-electron chi connectivity index (χ2n) is 6.19. The summed E-state index contributed by atoms with van der Waals surface area (Å²) in [6.45, 7) is 6.28. The van der Waals surface area contributed by atoms with Crippen LogP contribution in [0, 0.1) is 35.9 Å². The summed E-state index contributed by atoms with van der Waals surface area (Å²) in [5, 5.41) is 12.5. The first-order chi connectivity index (χ1) is 9.52. The first-order valence-electron chi connectivity index (χ1n) is 7.49. The Morgan fingerprint density at radius 3 is 2.65 bits per heavy atom. The van der Waals surface area contributed by atoms with Crippen LogP contribution in [0.2, 0.25) is 0 Å². The lowest BCUT2D eigenvalue weighted by atomic mass is 9.77. The second kappa shape index (κ2) is 6.26. The molecule has 0 heterocycles. The molecular weight excluding hydrogens is 251 g/mol. The molecule has 3 heteroatoms. The molecule has 0 aliphatic heterocycles. The number of hydrogen-bond donors (Lipinski definition) is 1. The molecule has 1 saturated carbocycles. The Morgan fingerprint density at radius 2 is 2.00 bits per heavy atom. The molecule has 1 fully saturated rings. The van der Waals surface area contributed by atoms with Crippen LogP contribution < -0.4 is 5.32 Å². The molecule has 2 nitrogen and oxygen atoms in total. The molecule has 1 aromatic rings. The van der Waals surface area contributed by atoms with E-state index in [4.69, 9.17) is 5.26 Å². The molecule has 1 aliphatic rings. The molecular formula is C17H23FN2. The van der Waals surface area contributed by atoms with Crippen molar-refractivity contribution in [3.05, 3.63) is 29.1 Å². The van der Waals surface area contributed by atoms with Gasteiger partial charge >= 0.3 is 0 Å². The number of nitriles is 1. The minimum atomic E-state index is -0.302. The first kappa shape index (κ1) is 14.8. The Bertz CT molecular complexity index is 516. The average Bonchev–Trinajstić information content (AvgIpc) is 2.44. The van der Waals surface area contributed by atoms with Crippen LogP contribution >= 0.6 is 0 Å². The Hall–Kier alpha value is -1.56. The smallest absolute Gasteiger partial charge is 0.129 e. The van der Waals surface area contributed by atoms with Gasteiger partial charge in [-0.2, -0.15) is 5.26 Å². The van der Waals surface area contributed by atoms with Crippen LogP contribution in [0.3, 0.4) is 0 Å². The third-order valence-electron chi connectivity index (χ3n) is 4.49. The molecule has 2 rings (SSSR count). The normalized spacial score (nSPS) is 22.6. The molecule has 0 aromatic heterocycles. The topological polar surface area (TPSA) is 35.8 Å². The van der Waals surface area contributed by atoms with Gasteiger partial charge in [-0.3, -0.25) is 0 Å². The monoisotopic (exact) mass is 274 g/mol. The van der Waals surface area contributed by atoms with E-state index in [-0.39, 0.29) is 5.82 Å². The van der Waals surface area contributed by atoms with Crippen LogP contribution in [0.5, 0.6) is 0 Å². The van der Waals surface area contributed by atoms with Crippen molar-refractivity contribution in [1.82, 2.24) is 0 Å². The summed E-state index contributed by atoms with van der Waals surface area (Å²) >= 11 is 0. The quantitative estimate of drug-likeness (QED) is 0.872. The number of nitrogens with zero attached hydrogens (tertiary/aromatic N) is 1. The van der Waals surface area contributed by atoms with Gasteiger partial charge in [0.2, 0.25) is 0 Å². The SMILES string of the molecule is Cc1c(F)cc(C#N)cc1NC1CCCCC1C(C)C. The van der Waals surface area contributed by atoms with Crippen molar-refractivity contribution < 1.29 is 4.39 Å². The summed E-state index contributed by atoms with van der Waals surface area (Å²) in [4.78, 5) is 0. The van der Waals surface area contributed by atoms with Gasteiger partial charge in [0.05, 0.1) is 11.6 Å². The molecule has 108 valence electrons. The maximum atomic E-state index is 13.8. The highest BCUT2D eigenvalue weighted by molar-refractivity contribution is 5.56. The number of halogens is 1. The van der Waals surface area contributed by atoms with E-state index < -0.39 is 0 Å². The van der Waals surface area contributed by atoms with E-state index in [1.54, 1.807) is 13.0 Å². The number of benzene rings is 1. The van der Waals surface area contributed by atoms with Gasteiger partial charge in [0.15, 0.2) is 0 Å². The predicted molar refractivity (Wildman–Crippen MR) is 80.1 cm³/mol. The molecule has 1 N–H and O–H groups in total. The zero-order chi connectivity index (χ0) is 14.7. The molecule has 1 aliphatic carbocycles. The van der Waals surface area contributed by atoms with Gasteiger partial charge < -0.3 is 5.32 Å². The number of anilines is 1. The molecule has 20 heavy (non-hydrogen) atoms. The summed E-state index contributed by atoms with van der Waals surface area (Å²) in [5.41, 5.74) is 1.77. The lowest BCUT2D eigenvalue weighted by Crippen LogP contribution is -2.35. The highest BCUT2D eigenvalue weighted by Gasteiger charge is 2.27. The van der Waals surface area contributed by atoms with E-state index in [0.717, 1.165) is 12.1 Å². The molecule has 0 bridgehead atoms. The average molecular weight is 274 g/mol. The van der Waals surface area contributed by atoms with E-state index in [1.165, 1.54) is 25.3 Å². The van der Waals surface area contributed by atoms with Crippen LogP contribution in [-0.2, 0) is 0 Å². The zero-order valence-corrected chi connectivity index (χ0v) is 12.5. The van der Waals surface area contributed by atoms with Gasteiger partial charge in [-0.15, -0.1) is 0 Å². The van der Waals surface area contributed by atoms with Gasteiger partial charge in [-0.05, 0) is 43.7 Å². The molecule has 2 unspecified atom stereocenters. The Morgan fingerprint density at radius 1 is 1.30 bits per heavy atom. The minimum absolute atomic E-state index is 0.302. The van der Waals surface area contributed by atoms with Gasteiger partial charge in [-0.25, -0.2) is 4.39 Å². The number of nitrogens with one attached hydrogen (secondary N) is 1. The van der Waals surface area contributed by atoms with E-state index in [1.807, 2.05) is 6.07 Å². The van der Waals surface area contributed by atoms with Crippen LogP contribution in [0.1, 0.15) is 50.7 Å². The highest BCUT2D eigenvalue weighted by Crippen LogP contribution is 2.33. The van der Waals surface area contributed by atoms with Crippen LogP contribution in [0.15, 0.2) is 12.1 Å². The van der Waals surface area contributed by atoms with Crippen LogP contribution in [0.4, 0.5) is 10.1 Å². The molecule has 0 radical (unpaired) electrons. The number of hydrogen-bond acceptors (Lipinski definition) is 2. The van der Waals surface area contributed by atoms with Crippen LogP contribution in [0.25, 0.3) is 0 Å². The van der Waals surface area contributed by atoms with Crippen molar-refractivity contribution in [3.63, 3.8) is 0 Å². The fraction of sp³-hybridized carbons (Fsp3) is 0.588. The summed E-state index contributed by atoms with van der Waals surface area (Å²) in [6, 6.07) is 5.49. The largest absolute Gasteiger partial charge is 0.382 e. The molecule has 0 spiro atoms. The molecule has 1 aromatic carbocycles.